The van der Waals surface area contributed by atoms with Crippen molar-refractivity contribution in [3.05, 3.63) is 83.7 Å². The van der Waals surface area contributed by atoms with Crippen molar-refractivity contribution in [1.29, 1.82) is 0 Å². The topological polar surface area (TPSA) is 65.4 Å². The zero-order chi connectivity index (χ0) is 19.9. The van der Waals surface area contributed by atoms with Crippen molar-refractivity contribution in [2.24, 2.45) is 0 Å². The maximum absolute atomic E-state index is 12.5. The van der Waals surface area contributed by atoms with E-state index in [9.17, 15) is 4.79 Å². The van der Waals surface area contributed by atoms with Crippen molar-refractivity contribution >= 4 is 5.91 Å². The number of hydrogen-bond acceptors (Lipinski definition) is 4. The first-order chi connectivity index (χ1) is 14.3. The quantitative estimate of drug-likeness (QED) is 0.639. The van der Waals surface area contributed by atoms with Gasteiger partial charge in [-0.15, -0.1) is 0 Å². The number of nitrogens with zero attached hydrogens (tertiary/aromatic N) is 2. The Morgan fingerprint density at radius 2 is 1.97 bits per heavy atom. The highest BCUT2D eigenvalue weighted by atomic mass is 16.5. The van der Waals surface area contributed by atoms with Crippen molar-refractivity contribution in [3.63, 3.8) is 0 Å². The number of aromatic nitrogens is 2. The van der Waals surface area contributed by atoms with E-state index in [2.05, 4.69) is 16.5 Å². The van der Waals surface area contributed by atoms with E-state index in [1.54, 1.807) is 18.3 Å². The fourth-order valence-electron chi connectivity index (χ4n) is 3.40. The summed E-state index contributed by atoms with van der Waals surface area (Å²) in [7, 11) is 0. The van der Waals surface area contributed by atoms with Gasteiger partial charge in [-0.25, -0.2) is 0 Å². The van der Waals surface area contributed by atoms with Gasteiger partial charge < -0.3 is 14.8 Å². The van der Waals surface area contributed by atoms with E-state index in [0.717, 1.165) is 36.3 Å². The molecule has 1 atom stereocenters. The molecular formula is C23H25N3O3. The number of carbonyl (C=O) groups is 1. The third-order valence-electron chi connectivity index (χ3n) is 5.03. The maximum Gasteiger partial charge on any atom is 0.251 e. The van der Waals surface area contributed by atoms with E-state index in [1.807, 2.05) is 47.3 Å². The Labute approximate surface area is 170 Å². The van der Waals surface area contributed by atoms with Gasteiger partial charge in [-0.05, 0) is 54.3 Å². The first-order valence-corrected chi connectivity index (χ1v) is 9.95. The fourth-order valence-corrected chi connectivity index (χ4v) is 3.40. The van der Waals surface area contributed by atoms with Crippen LogP contribution >= 0.6 is 0 Å². The summed E-state index contributed by atoms with van der Waals surface area (Å²) in [4.78, 5) is 12.5. The first-order valence-electron chi connectivity index (χ1n) is 9.95. The third kappa shape index (κ3) is 5.23. The summed E-state index contributed by atoms with van der Waals surface area (Å²) in [6.07, 6.45) is 6.01. The highest BCUT2D eigenvalue weighted by Gasteiger charge is 2.16. The van der Waals surface area contributed by atoms with Crippen LogP contribution in [0.3, 0.4) is 0 Å². The molecular weight excluding hydrogens is 366 g/mol. The van der Waals surface area contributed by atoms with Crippen molar-refractivity contribution in [3.8, 4) is 5.75 Å². The molecule has 0 unspecified atom stereocenters. The zero-order valence-corrected chi connectivity index (χ0v) is 16.3. The van der Waals surface area contributed by atoms with E-state index in [0.29, 0.717) is 25.3 Å². The average Bonchev–Trinajstić information content (AvgIpc) is 3.46. The van der Waals surface area contributed by atoms with Gasteiger partial charge in [-0.1, -0.05) is 24.3 Å². The van der Waals surface area contributed by atoms with E-state index < -0.39 is 0 Å². The molecule has 0 radical (unpaired) electrons. The van der Waals surface area contributed by atoms with Gasteiger partial charge in [0.2, 0.25) is 0 Å². The summed E-state index contributed by atoms with van der Waals surface area (Å²) >= 11 is 0. The Kier molecular flexibility index (Phi) is 6.22. The Hall–Kier alpha value is -3.12. The molecule has 0 spiro atoms. The van der Waals surface area contributed by atoms with Crippen LogP contribution in [0.1, 0.15) is 34.3 Å². The number of benzene rings is 2. The molecule has 3 aromatic rings. The van der Waals surface area contributed by atoms with E-state index in [1.165, 1.54) is 0 Å². The number of carbonyl (C=O) groups excluding carboxylic acids is 1. The van der Waals surface area contributed by atoms with Gasteiger partial charge in [0.25, 0.3) is 5.91 Å². The average molecular weight is 391 g/mol. The van der Waals surface area contributed by atoms with Gasteiger partial charge in [-0.3, -0.25) is 9.48 Å². The van der Waals surface area contributed by atoms with Crippen LogP contribution in [0.15, 0.2) is 67.0 Å². The summed E-state index contributed by atoms with van der Waals surface area (Å²) in [6, 6.07) is 17.2. The smallest absolute Gasteiger partial charge is 0.251 e. The van der Waals surface area contributed by atoms with E-state index in [4.69, 9.17) is 9.47 Å². The van der Waals surface area contributed by atoms with E-state index in [-0.39, 0.29) is 12.0 Å². The lowest BCUT2D eigenvalue weighted by molar-refractivity contribution is 0.0679. The molecule has 150 valence electrons. The minimum Gasteiger partial charge on any atom is -0.491 e. The predicted molar refractivity (Wildman–Crippen MR) is 110 cm³/mol. The van der Waals surface area contributed by atoms with E-state index >= 15 is 0 Å². The van der Waals surface area contributed by atoms with Gasteiger partial charge in [-0.2, -0.15) is 5.10 Å². The monoisotopic (exact) mass is 391 g/mol. The minimum absolute atomic E-state index is 0.107. The van der Waals surface area contributed by atoms with Crippen molar-refractivity contribution in [2.75, 3.05) is 13.2 Å². The van der Waals surface area contributed by atoms with Crippen molar-refractivity contribution in [2.45, 2.75) is 32.0 Å². The summed E-state index contributed by atoms with van der Waals surface area (Å²) < 4.78 is 13.2. The molecule has 1 aliphatic heterocycles. The normalized spacial score (nSPS) is 15.9. The lowest BCUT2D eigenvalue weighted by atomic mass is 10.1. The molecule has 6 nitrogen and oxygen atoms in total. The Morgan fingerprint density at radius 3 is 2.69 bits per heavy atom. The molecule has 1 amide bonds. The molecule has 1 aromatic heterocycles. The molecule has 4 rings (SSSR count). The summed E-state index contributed by atoms with van der Waals surface area (Å²) in [6.45, 7) is 2.51. The van der Waals surface area contributed by atoms with Crippen LogP contribution in [0.5, 0.6) is 5.75 Å². The van der Waals surface area contributed by atoms with Gasteiger partial charge in [0.05, 0.1) is 12.6 Å². The number of hydrogen-bond donors (Lipinski definition) is 1. The highest BCUT2D eigenvalue weighted by Crippen LogP contribution is 2.17. The van der Waals surface area contributed by atoms with Crippen LogP contribution in [-0.4, -0.2) is 35.0 Å². The van der Waals surface area contributed by atoms with Gasteiger partial charge in [0.15, 0.2) is 0 Å². The third-order valence-corrected chi connectivity index (χ3v) is 5.03. The highest BCUT2D eigenvalue weighted by molar-refractivity contribution is 5.94. The van der Waals surface area contributed by atoms with Gasteiger partial charge in [0, 0.05) is 31.1 Å². The molecule has 29 heavy (non-hydrogen) atoms. The van der Waals surface area contributed by atoms with Crippen LogP contribution < -0.4 is 10.1 Å². The molecule has 0 saturated carbocycles. The molecule has 1 N–H and O–H groups in total. The predicted octanol–water partition coefficient (Wildman–Crippen LogP) is 3.42. The Balaban J connectivity index is 1.31. The lowest BCUT2D eigenvalue weighted by Gasteiger charge is -2.12. The van der Waals surface area contributed by atoms with Crippen LogP contribution in [0.4, 0.5) is 0 Å². The molecule has 0 aliphatic carbocycles. The molecule has 1 aliphatic rings. The number of rotatable bonds is 8. The molecule has 2 heterocycles. The number of nitrogens with one attached hydrogen (secondary N) is 1. The molecule has 0 bridgehead atoms. The van der Waals surface area contributed by atoms with Gasteiger partial charge >= 0.3 is 0 Å². The molecule has 1 saturated heterocycles. The standard InChI is InChI=1S/C23H25N3O3/c27-23(18-8-10-21(11-9-18)29-17-22-7-3-14-28-22)24-15-19-5-1-2-6-20(19)16-26-13-4-12-25-26/h1-2,4-6,8-13,22H,3,7,14-17H2,(H,24,27)/t22-/m0/s1. The number of ether oxygens (including phenoxy) is 2. The molecule has 1 fully saturated rings. The summed E-state index contributed by atoms with van der Waals surface area (Å²) in [5.41, 5.74) is 2.82. The zero-order valence-electron chi connectivity index (χ0n) is 16.3. The van der Waals surface area contributed by atoms with Crippen LogP contribution in [-0.2, 0) is 17.8 Å². The minimum atomic E-state index is -0.107. The maximum atomic E-state index is 12.5. The van der Waals surface area contributed by atoms with Crippen molar-refractivity contribution < 1.29 is 14.3 Å². The van der Waals surface area contributed by atoms with Crippen molar-refractivity contribution in [1.82, 2.24) is 15.1 Å². The Bertz CT molecular complexity index is 917. The van der Waals surface area contributed by atoms with Crippen LogP contribution in [0.25, 0.3) is 0 Å². The Morgan fingerprint density at radius 1 is 1.14 bits per heavy atom. The SMILES string of the molecule is O=C(NCc1ccccc1Cn1cccn1)c1ccc(OC[C@@H]2CCCO2)cc1. The second-order valence-corrected chi connectivity index (χ2v) is 7.13. The largest absolute Gasteiger partial charge is 0.491 e. The number of amides is 1. The second-order valence-electron chi connectivity index (χ2n) is 7.13. The van der Waals surface area contributed by atoms with Gasteiger partial charge in [0.1, 0.15) is 12.4 Å². The second kappa shape index (κ2) is 9.39. The van der Waals surface area contributed by atoms with Crippen LogP contribution in [0, 0.1) is 0 Å². The first kappa shape index (κ1) is 19.2. The lowest BCUT2D eigenvalue weighted by Crippen LogP contribution is -2.23. The molecule has 6 heteroatoms. The summed E-state index contributed by atoms with van der Waals surface area (Å²) in [5, 5.41) is 7.26. The summed E-state index contributed by atoms with van der Waals surface area (Å²) in [5.74, 6) is 0.645. The molecule has 2 aromatic carbocycles. The fraction of sp³-hybridized carbons (Fsp3) is 0.304. The van der Waals surface area contributed by atoms with Crippen LogP contribution in [0.2, 0.25) is 0 Å².